The summed E-state index contributed by atoms with van der Waals surface area (Å²) in [6.07, 6.45) is 3.84. The second-order valence-corrected chi connectivity index (χ2v) is 2.59. The zero-order valence-electron chi connectivity index (χ0n) is 8.29. The first kappa shape index (κ1) is 11.4. The normalized spacial score (nSPS) is 10.7. The van der Waals surface area contributed by atoms with E-state index in [-0.39, 0.29) is 0 Å². The van der Waals surface area contributed by atoms with Crippen LogP contribution in [0.15, 0.2) is 25.3 Å². The maximum absolute atomic E-state index is 3.73. The fourth-order valence-corrected chi connectivity index (χ4v) is 1.23. The van der Waals surface area contributed by atoms with Gasteiger partial charge < -0.3 is 0 Å². The van der Waals surface area contributed by atoms with Gasteiger partial charge in [-0.2, -0.15) is 0 Å². The number of hydrazine groups is 1. The molecule has 0 aromatic rings. The Kier molecular flexibility index (Phi) is 6.72. The fraction of sp³-hybridized carbons (Fsp3) is 0.600. The topological polar surface area (TPSA) is 9.14 Å². The Morgan fingerprint density at radius 3 is 1.75 bits per heavy atom. The third kappa shape index (κ3) is 3.69. The van der Waals surface area contributed by atoms with Crippen molar-refractivity contribution in [3.8, 4) is 0 Å². The molecule has 0 fully saturated rings. The van der Waals surface area contributed by atoms with Gasteiger partial charge in [0, 0.05) is 0 Å². The van der Waals surface area contributed by atoms with Gasteiger partial charge in [0.2, 0.25) is 0 Å². The van der Waals surface area contributed by atoms with Gasteiger partial charge in [0.15, 0.2) is 0 Å². The molecular weight excluding hydrogens is 148 g/mol. The first-order valence-electron chi connectivity index (χ1n) is 4.51. The first-order chi connectivity index (χ1) is 5.79. The summed E-state index contributed by atoms with van der Waals surface area (Å²) >= 11 is 0. The maximum Gasteiger partial charge on any atom is 0.142 e. The second kappa shape index (κ2) is 7.07. The molecule has 0 aromatic heterocycles. The van der Waals surface area contributed by atoms with Gasteiger partial charge in [0.1, 0.15) is 13.1 Å². The van der Waals surface area contributed by atoms with Crippen LogP contribution in [0.2, 0.25) is 0 Å². The molecular formula is C10H20N2+. The molecule has 0 spiro atoms. The zero-order chi connectivity index (χ0) is 9.40. The molecule has 0 aromatic carbocycles. The lowest BCUT2D eigenvalue weighted by Crippen LogP contribution is -2.47. The van der Waals surface area contributed by atoms with Gasteiger partial charge in [-0.3, -0.25) is 0 Å². The van der Waals surface area contributed by atoms with Gasteiger partial charge >= 0.3 is 0 Å². The molecule has 0 atom stereocenters. The van der Waals surface area contributed by atoms with Crippen molar-refractivity contribution in [2.24, 2.45) is 0 Å². The molecule has 0 amide bonds. The monoisotopic (exact) mass is 168 g/mol. The van der Waals surface area contributed by atoms with Crippen molar-refractivity contribution in [1.82, 2.24) is 10.0 Å². The summed E-state index contributed by atoms with van der Waals surface area (Å²) in [6, 6.07) is 0. The van der Waals surface area contributed by atoms with Gasteiger partial charge in [0.05, 0.1) is 13.1 Å². The van der Waals surface area contributed by atoms with E-state index in [2.05, 4.69) is 37.0 Å². The van der Waals surface area contributed by atoms with E-state index < -0.39 is 0 Å². The van der Waals surface area contributed by atoms with Crippen molar-refractivity contribution >= 4 is 0 Å². The highest BCUT2D eigenvalue weighted by molar-refractivity contribution is 4.79. The van der Waals surface area contributed by atoms with E-state index in [9.17, 15) is 0 Å². The molecule has 0 saturated heterocycles. The molecule has 0 rings (SSSR count). The molecule has 0 saturated carbocycles. The van der Waals surface area contributed by atoms with E-state index in [0.717, 1.165) is 26.2 Å². The average Bonchev–Trinajstić information content (AvgIpc) is 2.07. The van der Waals surface area contributed by atoms with Crippen LogP contribution in [0.25, 0.3) is 0 Å². The van der Waals surface area contributed by atoms with Gasteiger partial charge in [0.25, 0.3) is 0 Å². The summed E-state index contributed by atoms with van der Waals surface area (Å²) in [5.74, 6) is 0. The van der Waals surface area contributed by atoms with E-state index >= 15 is 0 Å². The molecule has 0 aliphatic carbocycles. The van der Waals surface area contributed by atoms with Crippen LogP contribution in [0.5, 0.6) is 0 Å². The molecule has 0 aliphatic heterocycles. The van der Waals surface area contributed by atoms with Crippen molar-refractivity contribution in [3.05, 3.63) is 25.3 Å². The van der Waals surface area contributed by atoms with Crippen LogP contribution in [0.3, 0.4) is 0 Å². The highest BCUT2D eigenvalue weighted by Gasteiger charge is 2.18. The van der Waals surface area contributed by atoms with Crippen molar-refractivity contribution < 1.29 is 0 Å². The predicted molar refractivity (Wildman–Crippen MR) is 55.2 cm³/mol. The summed E-state index contributed by atoms with van der Waals surface area (Å²) in [4.78, 5) is 0. The lowest BCUT2D eigenvalue weighted by atomic mass is 10.5. The van der Waals surface area contributed by atoms with Crippen LogP contribution in [0.4, 0.5) is 0 Å². The first-order valence-corrected chi connectivity index (χ1v) is 4.51. The van der Waals surface area contributed by atoms with E-state index in [4.69, 9.17) is 0 Å². The van der Waals surface area contributed by atoms with Crippen LogP contribution in [-0.4, -0.2) is 31.2 Å². The Balaban J connectivity index is 4.02. The molecule has 0 aliphatic rings. The lowest BCUT2D eigenvalue weighted by Gasteiger charge is -2.20. The molecule has 1 radical (unpaired) electrons. The van der Waals surface area contributed by atoms with Gasteiger partial charge in [-0.15, -0.1) is 13.2 Å². The second-order valence-electron chi connectivity index (χ2n) is 2.59. The van der Waals surface area contributed by atoms with Gasteiger partial charge in [-0.25, -0.2) is 0 Å². The molecule has 0 bridgehead atoms. The summed E-state index contributed by atoms with van der Waals surface area (Å²) in [5.41, 5.74) is 0. The van der Waals surface area contributed by atoms with E-state index in [0.29, 0.717) is 0 Å². The van der Waals surface area contributed by atoms with Crippen molar-refractivity contribution in [1.29, 1.82) is 0 Å². The molecule has 12 heavy (non-hydrogen) atoms. The summed E-state index contributed by atoms with van der Waals surface area (Å²) < 4.78 is 0. The predicted octanol–water partition coefficient (Wildman–Crippen LogP) is 1.76. The minimum absolute atomic E-state index is 0.897. The maximum atomic E-state index is 3.73. The Bertz CT molecular complexity index is 118. The smallest absolute Gasteiger partial charge is 0.102 e. The Morgan fingerprint density at radius 2 is 1.50 bits per heavy atom. The Hall–Kier alpha value is -0.600. The standard InChI is InChI=1S/C10H20N2/c1-5-9-12(10-6-2)11(7-3)8-4/h5-6H,1-2,7-10H2,3-4H3/q+1. The van der Waals surface area contributed by atoms with Crippen LogP contribution >= 0.6 is 0 Å². The number of hydrogen-bond donors (Lipinski definition) is 0. The SMILES string of the molecule is C=CCN(CC=C)[N+](CC)CC. The van der Waals surface area contributed by atoms with Crippen molar-refractivity contribution in [2.45, 2.75) is 13.8 Å². The molecule has 2 nitrogen and oxygen atoms in total. The average molecular weight is 168 g/mol. The highest BCUT2D eigenvalue weighted by Crippen LogP contribution is 1.94. The third-order valence-corrected chi connectivity index (χ3v) is 1.81. The largest absolute Gasteiger partial charge is 0.142 e. The van der Waals surface area contributed by atoms with Crippen LogP contribution < -0.4 is 5.01 Å². The third-order valence-electron chi connectivity index (χ3n) is 1.81. The summed E-state index contributed by atoms with van der Waals surface area (Å²) in [7, 11) is 0. The van der Waals surface area contributed by atoms with E-state index in [1.807, 2.05) is 12.2 Å². The Labute approximate surface area is 76.1 Å². The molecule has 0 unspecified atom stereocenters. The minimum Gasteiger partial charge on any atom is -0.102 e. The summed E-state index contributed by atoms with van der Waals surface area (Å²) in [6.45, 7) is 15.6. The van der Waals surface area contributed by atoms with Crippen LogP contribution in [0.1, 0.15) is 13.8 Å². The van der Waals surface area contributed by atoms with E-state index in [1.54, 1.807) is 0 Å². The zero-order valence-corrected chi connectivity index (χ0v) is 8.29. The quantitative estimate of drug-likeness (QED) is 0.320. The summed E-state index contributed by atoms with van der Waals surface area (Å²) in [5, 5.41) is 4.52. The van der Waals surface area contributed by atoms with Gasteiger partial charge in [-0.1, -0.05) is 22.2 Å². The fourth-order valence-electron chi connectivity index (χ4n) is 1.23. The van der Waals surface area contributed by atoms with Crippen LogP contribution in [0, 0.1) is 0 Å². The van der Waals surface area contributed by atoms with Gasteiger partial charge in [-0.05, 0) is 13.8 Å². The molecule has 0 N–H and O–H groups in total. The molecule has 2 heteroatoms. The van der Waals surface area contributed by atoms with Crippen LogP contribution in [-0.2, 0) is 0 Å². The Morgan fingerprint density at radius 1 is 1.08 bits per heavy atom. The number of hydrogen-bond acceptors (Lipinski definition) is 2. The number of nitrogens with zero attached hydrogens (tertiary/aromatic N) is 2. The molecule has 69 valence electrons. The van der Waals surface area contributed by atoms with Crippen molar-refractivity contribution in [2.75, 3.05) is 26.2 Å². The number of rotatable bonds is 7. The lowest BCUT2D eigenvalue weighted by molar-refractivity contribution is 0.105. The minimum atomic E-state index is 0.897. The van der Waals surface area contributed by atoms with E-state index in [1.165, 1.54) is 0 Å². The highest BCUT2D eigenvalue weighted by atomic mass is 15.6. The molecule has 0 heterocycles. The van der Waals surface area contributed by atoms with Crippen molar-refractivity contribution in [3.63, 3.8) is 0 Å².